The van der Waals surface area contributed by atoms with Crippen LogP contribution in [0, 0.1) is 0 Å². The summed E-state index contributed by atoms with van der Waals surface area (Å²) in [6.45, 7) is 1.98. The van der Waals surface area contributed by atoms with Gasteiger partial charge in [-0.1, -0.05) is 6.08 Å². The summed E-state index contributed by atoms with van der Waals surface area (Å²) >= 11 is 1.57. The highest BCUT2D eigenvalue weighted by Gasteiger charge is 2.23. The van der Waals surface area contributed by atoms with Crippen LogP contribution in [0.3, 0.4) is 0 Å². The number of sulfone groups is 1. The Morgan fingerprint density at radius 1 is 1.67 bits per heavy atom. The van der Waals surface area contributed by atoms with Crippen LogP contribution in [0.2, 0.25) is 0 Å². The second kappa shape index (κ2) is 4.03. The first kappa shape index (κ1) is 10.8. The minimum Gasteiger partial charge on any atom is -0.301 e. The molecule has 0 saturated heterocycles. The highest BCUT2D eigenvalue weighted by molar-refractivity contribution is 7.94. The van der Waals surface area contributed by atoms with Crippen molar-refractivity contribution in [3.05, 3.63) is 28.1 Å². The lowest BCUT2D eigenvalue weighted by Crippen LogP contribution is -2.32. The average molecular weight is 244 g/mol. The molecule has 0 radical (unpaired) electrons. The maximum atomic E-state index is 11.2. The van der Waals surface area contributed by atoms with Crippen molar-refractivity contribution in [3.63, 3.8) is 0 Å². The van der Waals surface area contributed by atoms with Gasteiger partial charge in [-0.2, -0.15) is 0 Å². The highest BCUT2D eigenvalue weighted by Crippen LogP contribution is 2.17. The Bertz CT molecular complexity index is 450. The lowest BCUT2D eigenvalue weighted by molar-refractivity contribution is 0.533. The van der Waals surface area contributed by atoms with Crippen LogP contribution in [-0.2, 0) is 9.84 Å². The molecule has 0 saturated carbocycles. The van der Waals surface area contributed by atoms with Gasteiger partial charge in [-0.15, -0.1) is 11.3 Å². The van der Waals surface area contributed by atoms with E-state index in [2.05, 4.69) is 10.3 Å². The molecule has 1 aliphatic heterocycles. The molecule has 1 aliphatic rings. The monoisotopic (exact) mass is 244 g/mol. The summed E-state index contributed by atoms with van der Waals surface area (Å²) in [5.41, 5.74) is 0. The smallest absolute Gasteiger partial charge is 0.173 e. The molecule has 15 heavy (non-hydrogen) atoms. The third kappa shape index (κ3) is 2.64. The number of nitrogens with one attached hydrogen (secondary N) is 1. The molecule has 0 bridgehead atoms. The second-order valence-electron chi connectivity index (χ2n) is 3.52. The lowest BCUT2D eigenvalue weighted by atomic mass is 10.2. The maximum Gasteiger partial charge on any atom is 0.173 e. The molecule has 2 unspecified atom stereocenters. The molecule has 1 aromatic rings. The van der Waals surface area contributed by atoms with Crippen molar-refractivity contribution in [2.24, 2.45) is 0 Å². The van der Waals surface area contributed by atoms with Crippen LogP contribution < -0.4 is 5.32 Å². The van der Waals surface area contributed by atoms with Crippen molar-refractivity contribution in [2.75, 3.05) is 5.75 Å². The third-order valence-electron chi connectivity index (χ3n) is 2.22. The summed E-state index contributed by atoms with van der Waals surface area (Å²) in [5, 5.41) is 7.39. The van der Waals surface area contributed by atoms with Crippen molar-refractivity contribution in [1.29, 1.82) is 0 Å². The molecule has 82 valence electrons. The molecule has 0 amide bonds. The summed E-state index contributed by atoms with van der Waals surface area (Å²) in [7, 11) is -2.97. The third-order valence-corrected chi connectivity index (χ3v) is 4.57. The van der Waals surface area contributed by atoms with E-state index in [0.29, 0.717) is 0 Å². The topological polar surface area (TPSA) is 59.1 Å². The van der Waals surface area contributed by atoms with Gasteiger partial charge in [-0.3, -0.25) is 0 Å². The predicted octanol–water partition coefficient (Wildman–Crippen LogP) is 1.10. The van der Waals surface area contributed by atoms with E-state index in [1.165, 1.54) is 5.41 Å². The zero-order valence-corrected chi connectivity index (χ0v) is 9.88. The normalized spacial score (nSPS) is 25.5. The van der Waals surface area contributed by atoms with E-state index < -0.39 is 9.84 Å². The molecule has 0 spiro atoms. The van der Waals surface area contributed by atoms with Gasteiger partial charge in [0.2, 0.25) is 0 Å². The summed E-state index contributed by atoms with van der Waals surface area (Å²) in [4.78, 5) is 4.18. The van der Waals surface area contributed by atoms with Crippen LogP contribution in [0.4, 0.5) is 0 Å². The number of hydrogen-bond acceptors (Lipinski definition) is 5. The van der Waals surface area contributed by atoms with E-state index in [0.717, 1.165) is 5.01 Å². The van der Waals surface area contributed by atoms with Crippen LogP contribution in [0.15, 0.2) is 23.1 Å². The van der Waals surface area contributed by atoms with Gasteiger partial charge in [-0.25, -0.2) is 13.4 Å². The molecule has 2 rings (SSSR count). The largest absolute Gasteiger partial charge is 0.301 e. The maximum absolute atomic E-state index is 11.2. The number of rotatable bonds is 3. The lowest BCUT2D eigenvalue weighted by Gasteiger charge is -2.15. The molecule has 0 aromatic carbocycles. The minimum absolute atomic E-state index is 0.0890. The first-order chi connectivity index (χ1) is 7.07. The Kier molecular flexibility index (Phi) is 2.90. The van der Waals surface area contributed by atoms with E-state index in [1.54, 1.807) is 23.6 Å². The van der Waals surface area contributed by atoms with E-state index in [1.807, 2.05) is 12.3 Å². The van der Waals surface area contributed by atoms with Crippen LogP contribution in [0.25, 0.3) is 0 Å². The average Bonchev–Trinajstić information content (AvgIpc) is 2.74. The quantitative estimate of drug-likeness (QED) is 0.865. The fourth-order valence-corrected chi connectivity index (χ4v) is 3.42. The van der Waals surface area contributed by atoms with Crippen molar-refractivity contribution in [2.45, 2.75) is 19.0 Å². The van der Waals surface area contributed by atoms with Gasteiger partial charge in [0.25, 0.3) is 0 Å². The van der Waals surface area contributed by atoms with Crippen molar-refractivity contribution in [3.8, 4) is 0 Å². The molecule has 6 heteroatoms. The van der Waals surface area contributed by atoms with Crippen LogP contribution >= 0.6 is 11.3 Å². The zero-order chi connectivity index (χ0) is 10.9. The van der Waals surface area contributed by atoms with Crippen LogP contribution in [0.1, 0.15) is 18.0 Å². The van der Waals surface area contributed by atoms with Gasteiger partial charge >= 0.3 is 0 Å². The van der Waals surface area contributed by atoms with Crippen LogP contribution in [0.5, 0.6) is 0 Å². The second-order valence-corrected chi connectivity index (χ2v) is 6.38. The van der Waals surface area contributed by atoms with E-state index in [-0.39, 0.29) is 17.8 Å². The minimum atomic E-state index is -2.97. The first-order valence-electron chi connectivity index (χ1n) is 4.63. The molecule has 4 nitrogen and oxygen atoms in total. The number of aromatic nitrogens is 1. The summed E-state index contributed by atoms with van der Waals surface area (Å²) in [5.74, 6) is 0.155. The highest BCUT2D eigenvalue weighted by atomic mass is 32.2. The molecular weight excluding hydrogens is 232 g/mol. The molecule has 2 heterocycles. The zero-order valence-electron chi connectivity index (χ0n) is 8.25. The SMILES string of the molecule is CC(NC1C=CS(=O)(=O)C1)c1nccs1. The molecule has 1 aromatic heterocycles. The Balaban J connectivity index is 1.97. The fourth-order valence-electron chi connectivity index (χ4n) is 1.52. The van der Waals surface area contributed by atoms with E-state index in [9.17, 15) is 8.42 Å². The Morgan fingerprint density at radius 3 is 3.00 bits per heavy atom. The van der Waals surface area contributed by atoms with Crippen molar-refractivity contribution >= 4 is 21.2 Å². The molecular formula is C9H12N2O2S2. The van der Waals surface area contributed by atoms with Gasteiger partial charge in [0.05, 0.1) is 11.8 Å². The summed E-state index contributed by atoms with van der Waals surface area (Å²) in [6, 6.07) is 0.00171. The van der Waals surface area contributed by atoms with E-state index in [4.69, 9.17) is 0 Å². The summed E-state index contributed by atoms with van der Waals surface area (Å²) < 4.78 is 22.3. The first-order valence-corrected chi connectivity index (χ1v) is 7.23. The van der Waals surface area contributed by atoms with Gasteiger partial charge in [0.15, 0.2) is 9.84 Å². The standard InChI is InChI=1S/C9H12N2O2S2/c1-7(9-10-3-4-14-9)11-8-2-5-15(12,13)6-8/h2-5,7-8,11H,6H2,1H3. The molecule has 0 fully saturated rings. The van der Waals surface area contributed by atoms with Gasteiger partial charge in [0, 0.05) is 23.0 Å². The summed E-state index contributed by atoms with van der Waals surface area (Å²) in [6.07, 6.45) is 3.44. The van der Waals surface area contributed by atoms with Gasteiger partial charge in [-0.05, 0) is 6.92 Å². The van der Waals surface area contributed by atoms with Crippen LogP contribution in [-0.4, -0.2) is 25.2 Å². The van der Waals surface area contributed by atoms with Crippen molar-refractivity contribution < 1.29 is 8.42 Å². The number of nitrogens with zero attached hydrogens (tertiary/aromatic N) is 1. The number of thiazole rings is 1. The Labute approximate surface area is 93.0 Å². The predicted molar refractivity (Wildman–Crippen MR) is 60.4 cm³/mol. The Morgan fingerprint density at radius 2 is 2.47 bits per heavy atom. The molecule has 2 atom stereocenters. The van der Waals surface area contributed by atoms with Gasteiger partial charge in [0.1, 0.15) is 5.01 Å². The molecule has 1 N–H and O–H groups in total. The molecule has 0 aliphatic carbocycles. The van der Waals surface area contributed by atoms with Crippen molar-refractivity contribution in [1.82, 2.24) is 10.3 Å². The number of hydrogen-bond donors (Lipinski definition) is 1. The van der Waals surface area contributed by atoms with E-state index >= 15 is 0 Å². The van der Waals surface area contributed by atoms with Gasteiger partial charge < -0.3 is 5.32 Å². The fraction of sp³-hybridized carbons (Fsp3) is 0.444. The Hall–Kier alpha value is -0.720.